The van der Waals surface area contributed by atoms with Crippen molar-refractivity contribution in [2.75, 3.05) is 32.8 Å². The zero-order valence-corrected chi connectivity index (χ0v) is 18.7. The van der Waals surface area contributed by atoms with Crippen LogP contribution in [0, 0.1) is 5.92 Å². The number of alkyl halides is 6. The molecule has 2 saturated heterocycles. The van der Waals surface area contributed by atoms with Crippen LogP contribution < -0.4 is 0 Å². The summed E-state index contributed by atoms with van der Waals surface area (Å²) in [5.41, 5.74) is 0. The number of furan rings is 1. The molecule has 1 aromatic heterocycles. The highest BCUT2D eigenvalue weighted by Crippen LogP contribution is 2.33. The molecule has 0 bridgehead atoms. The van der Waals surface area contributed by atoms with Crippen molar-refractivity contribution in [1.82, 2.24) is 9.80 Å². The fourth-order valence-electron chi connectivity index (χ4n) is 3.85. The average molecular weight is 518 g/mol. The second kappa shape index (κ2) is 12.6. The molecule has 2 unspecified atom stereocenters. The Hall–Kier alpha value is -2.32. The maximum atomic E-state index is 10.6. The molecule has 3 aliphatic rings. The van der Waals surface area contributed by atoms with Gasteiger partial charge in [0.25, 0.3) is 0 Å². The number of halogens is 6. The molecule has 3 heterocycles. The van der Waals surface area contributed by atoms with Crippen molar-refractivity contribution in [2.45, 2.75) is 56.7 Å². The molecule has 1 aliphatic carbocycles. The minimum absolute atomic E-state index is 0.444. The van der Waals surface area contributed by atoms with Crippen LogP contribution in [0.15, 0.2) is 22.8 Å². The molecule has 200 valence electrons. The molecule has 1 saturated carbocycles. The average Bonchev–Trinajstić information content (AvgIpc) is 3.47. The van der Waals surface area contributed by atoms with E-state index in [0.717, 1.165) is 50.9 Å². The van der Waals surface area contributed by atoms with Gasteiger partial charge in [-0.3, -0.25) is 9.80 Å². The predicted octanol–water partition coefficient (Wildman–Crippen LogP) is 3.62. The van der Waals surface area contributed by atoms with E-state index in [4.69, 9.17) is 29.0 Å². The Morgan fingerprint density at radius 3 is 2.00 bits per heavy atom. The number of morpholine rings is 1. The molecule has 2 N–H and O–H groups in total. The number of hydrogen-bond acceptors (Lipinski definition) is 6. The number of ether oxygens (including phenoxy) is 1. The van der Waals surface area contributed by atoms with E-state index in [1.54, 1.807) is 6.26 Å². The normalized spacial score (nSPS) is 23.6. The van der Waals surface area contributed by atoms with Crippen molar-refractivity contribution in [3.8, 4) is 0 Å². The van der Waals surface area contributed by atoms with E-state index in [-0.39, 0.29) is 0 Å². The number of aliphatic carboxylic acids is 2. The van der Waals surface area contributed by atoms with Gasteiger partial charge in [0.2, 0.25) is 0 Å². The van der Waals surface area contributed by atoms with Gasteiger partial charge in [-0.15, -0.1) is 0 Å². The molecule has 1 aromatic rings. The number of nitrogens with zero attached hydrogens (tertiary/aromatic N) is 2. The summed E-state index contributed by atoms with van der Waals surface area (Å²) in [6, 6.07) is 4.70. The van der Waals surface area contributed by atoms with E-state index < -0.39 is 24.3 Å². The standard InChI is InChI=1S/C17H26N2O2.2C2HF3O2/c1-2-15(20-10-1)13-18-7-5-16-17(6-8-18)21-11-9-19(16)12-14-3-4-14;2*3-2(4,5)1(6)7/h1-2,10,14,16-17H,3-9,11-13H2;2*(H,6,7). The summed E-state index contributed by atoms with van der Waals surface area (Å²) in [7, 11) is 0. The zero-order chi connectivity index (χ0) is 26.2. The van der Waals surface area contributed by atoms with Gasteiger partial charge < -0.3 is 19.4 Å². The van der Waals surface area contributed by atoms with E-state index in [2.05, 4.69) is 15.9 Å². The summed E-state index contributed by atoms with van der Waals surface area (Å²) >= 11 is 0. The summed E-state index contributed by atoms with van der Waals surface area (Å²) in [5.74, 6) is -3.46. The Morgan fingerprint density at radius 1 is 0.943 bits per heavy atom. The Morgan fingerprint density at radius 2 is 1.51 bits per heavy atom. The van der Waals surface area contributed by atoms with Crippen LogP contribution in [0.3, 0.4) is 0 Å². The van der Waals surface area contributed by atoms with Gasteiger partial charge in [0.1, 0.15) is 5.76 Å². The van der Waals surface area contributed by atoms with E-state index in [9.17, 15) is 26.3 Å². The van der Waals surface area contributed by atoms with Gasteiger partial charge in [0.05, 0.1) is 25.5 Å². The molecular weight excluding hydrogens is 490 g/mol. The first-order valence-electron chi connectivity index (χ1n) is 11.0. The van der Waals surface area contributed by atoms with Crippen molar-refractivity contribution in [2.24, 2.45) is 5.92 Å². The third-order valence-corrected chi connectivity index (χ3v) is 5.71. The molecular formula is C21H28F6N2O6. The van der Waals surface area contributed by atoms with E-state index in [0.29, 0.717) is 12.1 Å². The molecule has 35 heavy (non-hydrogen) atoms. The Bertz CT molecular complexity index is 773. The van der Waals surface area contributed by atoms with Crippen LogP contribution in [-0.4, -0.2) is 89.2 Å². The van der Waals surface area contributed by atoms with Gasteiger partial charge in [-0.25, -0.2) is 9.59 Å². The molecule has 0 radical (unpaired) electrons. The highest BCUT2D eigenvalue weighted by molar-refractivity contribution is 5.73. The SMILES string of the molecule is O=C(O)C(F)(F)F.O=C(O)C(F)(F)F.c1coc(CN2CCC3OCCN(CC4CC4)C3CC2)c1. The predicted molar refractivity (Wildman–Crippen MR) is 108 cm³/mol. The second-order valence-corrected chi connectivity index (χ2v) is 8.45. The third-order valence-electron chi connectivity index (χ3n) is 5.71. The van der Waals surface area contributed by atoms with Crippen LogP contribution in [-0.2, 0) is 20.9 Å². The van der Waals surface area contributed by atoms with E-state index in [1.165, 1.54) is 25.8 Å². The molecule has 3 fully saturated rings. The van der Waals surface area contributed by atoms with Crippen molar-refractivity contribution in [3.63, 3.8) is 0 Å². The maximum absolute atomic E-state index is 10.6. The number of likely N-dealkylation sites (tertiary alicyclic amines) is 1. The first kappa shape index (κ1) is 28.9. The summed E-state index contributed by atoms with van der Waals surface area (Å²) < 4.78 is 75.1. The van der Waals surface area contributed by atoms with Gasteiger partial charge in [0, 0.05) is 32.2 Å². The van der Waals surface area contributed by atoms with Crippen LogP contribution in [0.4, 0.5) is 26.3 Å². The van der Waals surface area contributed by atoms with Gasteiger partial charge >= 0.3 is 24.3 Å². The first-order valence-corrected chi connectivity index (χ1v) is 11.0. The molecule has 0 aromatic carbocycles. The van der Waals surface area contributed by atoms with Crippen LogP contribution >= 0.6 is 0 Å². The minimum Gasteiger partial charge on any atom is -0.475 e. The zero-order valence-electron chi connectivity index (χ0n) is 18.7. The largest absolute Gasteiger partial charge is 0.490 e. The van der Waals surface area contributed by atoms with Crippen LogP contribution in [0.25, 0.3) is 0 Å². The summed E-state index contributed by atoms with van der Waals surface area (Å²) in [5, 5.41) is 14.2. The number of fused-ring (bicyclic) bond motifs is 1. The first-order chi connectivity index (χ1) is 16.3. The molecule has 2 atom stereocenters. The van der Waals surface area contributed by atoms with Crippen molar-refractivity contribution >= 4 is 11.9 Å². The summed E-state index contributed by atoms with van der Waals surface area (Å²) in [6.45, 7) is 6.59. The van der Waals surface area contributed by atoms with Crippen molar-refractivity contribution < 1.29 is 55.3 Å². The van der Waals surface area contributed by atoms with E-state index >= 15 is 0 Å². The molecule has 4 rings (SSSR count). The molecule has 2 aliphatic heterocycles. The summed E-state index contributed by atoms with van der Waals surface area (Å²) in [4.78, 5) is 23.0. The van der Waals surface area contributed by atoms with Crippen LogP contribution in [0.2, 0.25) is 0 Å². The molecule has 8 nitrogen and oxygen atoms in total. The second-order valence-electron chi connectivity index (χ2n) is 8.45. The van der Waals surface area contributed by atoms with E-state index in [1.807, 2.05) is 6.07 Å². The lowest BCUT2D eigenvalue weighted by atomic mass is 10.0. The summed E-state index contributed by atoms with van der Waals surface area (Å²) in [6.07, 6.45) is -2.67. The molecule has 0 amide bonds. The monoisotopic (exact) mass is 518 g/mol. The Balaban J connectivity index is 0.000000257. The van der Waals surface area contributed by atoms with Gasteiger partial charge in [0.15, 0.2) is 0 Å². The number of hydrogen-bond donors (Lipinski definition) is 2. The minimum atomic E-state index is -5.08. The smallest absolute Gasteiger partial charge is 0.475 e. The lowest BCUT2D eigenvalue weighted by molar-refractivity contribution is -0.193. The number of carbonyl (C=O) groups is 2. The highest BCUT2D eigenvalue weighted by Gasteiger charge is 2.39. The van der Waals surface area contributed by atoms with Gasteiger partial charge in [-0.2, -0.15) is 26.3 Å². The number of carboxylic acids is 2. The quantitative estimate of drug-likeness (QED) is 0.583. The molecule has 0 spiro atoms. The third kappa shape index (κ3) is 10.4. The fraction of sp³-hybridized carbons (Fsp3) is 0.714. The fourth-order valence-corrected chi connectivity index (χ4v) is 3.85. The number of carboxylic acid groups (broad SMARTS) is 2. The topological polar surface area (TPSA) is 103 Å². The lowest BCUT2D eigenvalue weighted by Crippen LogP contribution is -2.51. The number of rotatable bonds is 4. The van der Waals surface area contributed by atoms with Gasteiger partial charge in [-0.05, 0) is 43.7 Å². The maximum Gasteiger partial charge on any atom is 0.490 e. The lowest BCUT2D eigenvalue weighted by Gasteiger charge is -2.40. The Labute approximate surface area is 197 Å². The van der Waals surface area contributed by atoms with Crippen LogP contribution in [0.1, 0.15) is 31.4 Å². The van der Waals surface area contributed by atoms with Crippen molar-refractivity contribution in [3.05, 3.63) is 24.2 Å². The van der Waals surface area contributed by atoms with Gasteiger partial charge in [-0.1, -0.05) is 0 Å². The van der Waals surface area contributed by atoms with Crippen molar-refractivity contribution in [1.29, 1.82) is 0 Å². The Kier molecular flexibility index (Phi) is 10.4. The molecule has 14 heteroatoms. The highest BCUT2D eigenvalue weighted by atomic mass is 19.4. The van der Waals surface area contributed by atoms with Crippen LogP contribution in [0.5, 0.6) is 0 Å².